The molecule has 1 aliphatic heterocycles. The average Bonchev–Trinajstić information content (AvgIpc) is 3.25. The number of aromatic amines is 1. The number of likely N-dealkylation sites (N-methyl/N-ethyl adjacent to an activating group) is 1. The number of hydrogen-bond donors (Lipinski definition) is 3. The molecular weight excluding hydrogens is 404 g/mol. The van der Waals surface area contributed by atoms with Crippen LogP contribution in [0.5, 0.6) is 5.75 Å². The van der Waals surface area contributed by atoms with Gasteiger partial charge in [0.25, 0.3) is 0 Å². The highest BCUT2D eigenvalue weighted by atomic mass is 16.5. The molecule has 1 aromatic heterocycles. The fraction of sp³-hybridized carbons (Fsp3) is 0.417. The molecule has 3 aromatic rings. The van der Waals surface area contributed by atoms with Gasteiger partial charge in [-0.3, -0.25) is 4.90 Å². The van der Waals surface area contributed by atoms with Crippen molar-refractivity contribution >= 4 is 17.1 Å². The van der Waals surface area contributed by atoms with Crippen molar-refractivity contribution in [3.8, 4) is 5.75 Å². The fourth-order valence-corrected chi connectivity index (χ4v) is 3.96. The number of rotatable bonds is 8. The van der Waals surface area contributed by atoms with E-state index in [4.69, 9.17) is 9.72 Å². The van der Waals surface area contributed by atoms with E-state index in [0.717, 1.165) is 60.9 Å². The molecule has 2 amide bonds. The van der Waals surface area contributed by atoms with Crippen LogP contribution in [-0.4, -0.2) is 79.2 Å². The Balaban J connectivity index is 1.40. The maximum atomic E-state index is 12.7. The molecule has 2 heterocycles. The number of benzene rings is 2. The quantitative estimate of drug-likeness (QED) is 0.505. The van der Waals surface area contributed by atoms with Crippen LogP contribution in [0.3, 0.4) is 0 Å². The van der Waals surface area contributed by atoms with Crippen molar-refractivity contribution in [3.05, 3.63) is 59.9 Å². The third kappa shape index (κ3) is 5.77. The Labute approximate surface area is 189 Å². The average molecular weight is 437 g/mol. The smallest absolute Gasteiger partial charge is 0.315 e. The van der Waals surface area contributed by atoms with E-state index in [0.29, 0.717) is 13.0 Å². The van der Waals surface area contributed by atoms with Crippen molar-refractivity contribution in [2.75, 3.05) is 53.4 Å². The summed E-state index contributed by atoms with van der Waals surface area (Å²) in [5.41, 5.74) is 2.94. The zero-order valence-corrected chi connectivity index (χ0v) is 18.8. The number of carbonyl (C=O) groups is 1. The highest BCUT2D eigenvalue weighted by Gasteiger charge is 2.20. The van der Waals surface area contributed by atoms with Crippen LogP contribution in [0.25, 0.3) is 11.0 Å². The highest BCUT2D eigenvalue weighted by Crippen LogP contribution is 2.21. The van der Waals surface area contributed by atoms with E-state index < -0.39 is 0 Å². The lowest BCUT2D eigenvalue weighted by Crippen LogP contribution is -2.48. The van der Waals surface area contributed by atoms with Crippen LogP contribution in [0.15, 0.2) is 48.5 Å². The van der Waals surface area contributed by atoms with Gasteiger partial charge in [0.2, 0.25) is 0 Å². The van der Waals surface area contributed by atoms with Gasteiger partial charge in [-0.2, -0.15) is 0 Å². The van der Waals surface area contributed by atoms with Gasteiger partial charge in [0.1, 0.15) is 11.6 Å². The zero-order chi connectivity index (χ0) is 22.3. The topological polar surface area (TPSA) is 85.5 Å². The molecule has 1 aliphatic rings. The predicted octanol–water partition coefficient (Wildman–Crippen LogP) is 2.40. The lowest BCUT2D eigenvalue weighted by molar-refractivity contribution is 0.154. The first kappa shape index (κ1) is 22.1. The molecule has 2 aromatic carbocycles. The largest absolute Gasteiger partial charge is 0.497 e. The first-order chi connectivity index (χ1) is 15.6. The van der Waals surface area contributed by atoms with Gasteiger partial charge in [0, 0.05) is 39.3 Å². The monoisotopic (exact) mass is 436 g/mol. The highest BCUT2D eigenvalue weighted by molar-refractivity contribution is 5.76. The fourth-order valence-electron chi connectivity index (χ4n) is 3.96. The van der Waals surface area contributed by atoms with Crippen LogP contribution in [0.4, 0.5) is 4.79 Å². The minimum atomic E-state index is -0.278. The Morgan fingerprint density at radius 2 is 1.88 bits per heavy atom. The molecule has 0 saturated carbocycles. The van der Waals surface area contributed by atoms with Crippen molar-refractivity contribution in [1.82, 2.24) is 30.4 Å². The second kappa shape index (κ2) is 10.5. The summed E-state index contributed by atoms with van der Waals surface area (Å²) in [6.07, 6.45) is 0.621. The van der Waals surface area contributed by atoms with Gasteiger partial charge < -0.3 is 25.3 Å². The van der Waals surface area contributed by atoms with Crippen LogP contribution in [-0.2, 0) is 6.42 Å². The summed E-state index contributed by atoms with van der Waals surface area (Å²) >= 11 is 0. The van der Waals surface area contributed by atoms with E-state index >= 15 is 0 Å². The molecule has 4 rings (SSSR count). The lowest BCUT2D eigenvalue weighted by atomic mass is 10.1. The Hall–Kier alpha value is -3.10. The van der Waals surface area contributed by atoms with Crippen LogP contribution in [0.2, 0.25) is 0 Å². The van der Waals surface area contributed by atoms with Gasteiger partial charge in [0.05, 0.1) is 24.2 Å². The summed E-state index contributed by atoms with van der Waals surface area (Å²) in [6.45, 7) is 5.70. The molecule has 0 radical (unpaired) electrons. The van der Waals surface area contributed by atoms with Crippen LogP contribution < -0.4 is 15.4 Å². The Kier molecular flexibility index (Phi) is 7.24. The van der Waals surface area contributed by atoms with E-state index in [1.165, 1.54) is 0 Å². The number of amides is 2. The van der Waals surface area contributed by atoms with Gasteiger partial charge in [-0.25, -0.2) is 9.78 Å². The minimum Gasteiger partial charge on any atom is -0.497 e. The van der Waals surface area contributed by atoms with Crippen molar-refractivity contribution in [1.29, 1.82) is 0 Å². The molecule has 1 unspecified atom stereocenters. The van der Waals surface area contributed by atoms with Crippen LogP contribution in [0, 0.1) is 0 Å². The molecule has 3 N–H and O–H groups in total. The molecule has 1 atom stereocenters. The second-order valence-electron chi connectivity index (χ2n) is 8.29. The summed E-state index contributed by atoms with van der Waals surface area (Å²) < 4.78 is 5.26. The normalized spacial score (nSPS) is 16.1. The Bertz CT molecular complexity index is 978. The number of carbonyl (C=O) groups excluding carboxylic acids is 1. The number of piperazine rings is 1. The van der Waals surface area contributed by atoms with Gasteiger partial charge in [-0.15, -0.1) is 0 Å². The molecule has 0 bridgehead atoms. The Morgan fingerprint density at radius 1 is 1.12 bits per heavy atom. The van der Waals surface area contributed by atoms with Gasteiger partial charge >= 0.3 is 6.03 Å². The van der Waals surface area contributed by atoms with Crippen LogP contribution >= 0.6 is 0 Å². The number of urea groups is 1. The van der Waals surface area contributed by atoms with E-state index in [9.17, 15) is 4.79 Å². The molecule has 8 heteroatoms. The molecular formula is C24H32N6O2. The molecule has 8 nitrogen and oxygen atoms in total. The van der Waals surface area contributed by atoms with Gasteiger partial charge in [-0.1, -0.05) is 24.3 Å². The lowest BCUT2D eigenvalue weighted by Gasteiger charge is -2.32. The predicted molar refractivity (Wildman–Crippen MR) is 126 cm³/mol. The molecule has 0 spiro atoms. The number of fused-ring (bicyclic) bond motifs is 1. The number of nitrogens with one attached hydrogen (secondary N) is 3. The number of aromatic nitrogens is 2. The van der Waals surface area contributed by atoms with Crippen LogP contribution in [0.1, 0.15) is 17.4 Å². The number of para-hydroxylation sites is 2. The van der Waals surface area contributed by atoms with Crippen molar-refractivity contribution < 1.29 is 9.53 Å². The summed E-state index contributed by atoms with van der Waals surface area (Å²) in [5, 5.41) is 6.13. The van der Waals surface area contributed by atoms with E-state index in [-0.39, 0.29) is 12.1 Å². The van der Waals surface area contributed by atoms with E-state index in [1.807, 2.05) is 48.5 Å². The first-order valence-electron chi connectivity index (χ1n) is 11.1. The van der Waals surface area contributed by atoms with E-state index in [1.54, 1.807) is 7.11 Å². The summed E-state index contributed by atoms with van der Waals surface area (Å²) in [5.74, 6) is 1.56. The van der Waals surface area contributed by atoms with Crippen molar-refractivity contribution in [3.63, 3.8) is 0 Å². The minimum absolute atomic E-state index is 0.182. The first-order valence-corrected chi connectivity index (χ1v) is 11.1. The van der Waals surface area contributed by atoms with Gasteiger partial charge in [-0.05, 0) is 43.3 Å². The number of H-pyrrole nitrogens is 1. The molecule has 0 aliphatic carbocycles. The standard InChI is InChI=1S/C24H32N6O2/c1-29-13-15-30(16-14-29)12-11-25-24(31)28-22(17-18-7-9-19(32-2)10-8-18)23-26-20-5-3-4-6-21(20)27-23/h3-10,22H,11-17H2,1-2H3,(H,26,27)(H2,25,28,31). The number of imidazole rings is 1. The molecule has 1 fully saturated rings. The second-order valence-corrected chi connectivity index (χ2v) is 8.29. The number of methoxy groups -OCH3 is 1. The van der Waals surface area contributed by atoms with Crippen molar-refractivity contribution in [2.45, 2.75) is 12.5 Å². The summed E-state index contributed by atoms with van der Waals surface area (Å²) in [4.78, 5) is 25.5. The summed E-state index contributed by atoms with van der Waals surface area (Å²) in [7, 11) is 3.80. The molecule has 1 saturated heterocycles. The Morgan fingerprint density at radius 3 is 2.59 bits per heavy atom. The summed E-state index contributed by atoms with van der Waals surface area (Å²) in [6, 6.07) is 15.3. The number of ether oxygens (including phenoxy) is 1. The maximum Gasteiger partial charge on any atom is 0.315 e. The van der Waals surface area contributed by atoms with E-state index in [2.05, 4.69) is 32.5 Å². The number of nitrogens with zero attached hydrogens (tertiary/aromatic N) is 3. The van der Waals surface area contributed by atoms with Gasteiger partial charge in [0.15, 0.2) is 0 Å². The molecule has 32 heavy (non-hydrogen) atoms. The SMILES string of the molecule is COc1ccc(CC(NC(=O)NCCN2CCN(C)CC2)c2nc3ccccc3[nH]2)cc1. The third-order valence-corrected chi connectivity index (χ3v) is 5.95. The third-order valence-electron chi connectivity index (χ3n) is 5.95. The maximum absolute atomic E-state index is 12.7. The number of hydrogen-bond acceptors (Lipinski definition) is 5. The van der Waals surface area contributed by atoms with Crippen molar-refractivity contribution in [2.24, 2.45) is 0 Å². The zero-order valence-electron chi connectivity index (χ0n) is 18.8. The molecule has 170 valence electrons.